The molecule has 106 valence electrons. The lowest BCUT2D eigenvalue weighted by atomic mass is 9.79. The Morgan fingerprint density at radius 3 is 2.65 bits per heavy atom. The van der Waals surface area contributed by atoms with Crippen LogP contribution in [0.1, 0.15) is 25.5 Å². The molecule has 6 nitrogen and oxygen atoms in total. The third kappa shape index (κ3) is 2.35. The standard InChI is InChI=1S/C14H18N4O2/c1-14(2,8-15)13(16)12-9-5-3-4-6-10(9)17-7-11(12)18(19)20/h3-7,13H,8,15-16H2,1-2H3. The predicted octanol–water partition coefficient (Wildman–Crippen LogP) is 2.13. The van der Waals surface area contributed by atoms with Crippen molar-refractivity contribution in [2.75, 3.05) is 6.54 Å². The highest BCUT2D eigenvalue weighted by atomic mass is 16.6. The first-order valence-electron chi connectivity index (χ1n) is 6.36. The van der Waals surface area contributed by atoms with Gasteiger partial charge in [0.1, 0.15) is 6.20 Å². The van der Waals surface area contributed by atoms with Gasteiger partial charge in [-0.15, -0.1) is 0 Å². The highest BCUT2D eigenvalue weighted by Gasteiger charge is 2.33. The number of hydrogen-bond acceptors (Lipinski definition) is 5. The summed E-state index contributed by atoms with van der Waals surface area (Å²) in [5.41, 5.74) is 12.7. The molecule has 20 heavy (non-hydrogen) atoms. The van der Waals surface area contributed by atoms with Crippen LogP contribution in [-0.4, -0.2) is 16.5 Å². The molecule has 2 rings (SSSR count). The zero-order valence-electron chi connectivity index (χ0n) is 11.5. The Morgan fingerprint density at radius 2 is 2.05 bits per heavy atom. The number of nitro groups is 1. The Hall–Kier alpha value is -2.05. The highest BCUT2D eigenvalue weighted by Crippen LogP contribution is 2.38. The van der Waals surface area contributed by atoms with E-state index in [1.165, 1.54) is 6.20 Å². The second-order valence-corrected chi connectivity index (χ2v) is 5.50. The monoisotopic (exact) mass is 274 g/mol. The summed E-state index contributed by atoms with van der Waals surface area (Å²) in [6.07, 6.45) is 1.27. The number of benzene rings is 1. The van der Waals surface area contributed by atoms with Crippen LogP contribution in [0.25, 0.3) is 10.9 Å². The molecule has 4 N–H and O–H groups in total. The van der Waals surface area contributed by atoms with Crippen molar-refractivity contribution < 1.29 is 4.92 Å². The molecule has 6 heteroatoms. The van der Waals surface area contributed by atoms with Crippen LogP contribution < -0.4 is 11.5 Å². The number of nitrogens with zero attached hydrogens (tertiary/aromatic N) is 2. The zero-order valence-corrected chi connectivity index (χ0v) is 11.5. The van der Waals surface area contributed by atoms with Crippen LogP contribution in [0.2, 0.25) is 0 Å². The van der Waals surface area contributed by atoms with Gasteiger partial charge in [-0.25, -0.2) is 4.98 Å². The molecular formula is C14H18N4O2. The minimum absolute atomic E-state index is 0.0577. The van der Waals surface area contributed by atoms with Crippen molar-refractivity contribution in [3.05, 3.63) is 46.1 Å². The van der Waals surface area contributed by atoms with Crippen LogP contribution >= 0.6 is 0 Å². The molecule has 0 amide bonds. The summed E-state index contributed by atoms with van der Waals surface area (Å²) in [7, 11) is 0. The summed E-state index contributed by atoms with van der Waals surface area (Å²) in [6.45, 7) is 4.13. The second-order valence-electron chi connectivity index (χ2n) is 5.50. The van der Waals surface area contributed by atoms with Crippen LogP contribution in [0.15, 0.2) is 30.5 Å². The summed E-state index contributed by atoms with van der Waals surface area (Å²) in [5, 5.41) is 12.0. The van der Waals surface area contributed by atoms with Crippen LogP contribution in [0.5, 0.6) is 0 Å². The summed E-state index contributed by atoms with van der Waals surface area (Å²) in [5.74, 6) is 0. The average Bonchev–Trinajstić information content (AvgIpc) is 2.45. The largest absolute Gasteiger partial charge is 0.330 e. The molecule has 0 saturated carbocycles. The van der Waals surface area contributed by atoms with Crippen LogP contribution in [0, 0.1) is 15.5 Å². The molecule has 0 bridgehead atoms. The van der Waals surface area contributed by atoms with Gasteiger partial charge in [-0.05, 0) is 18.0 Å². The van der Waals surface area contributed by atoms with Gasteiger partial charge in [0.25, 0.3) is 5.69 Å². The molecule has 0 aliphatic heterocycles. The van der Waals surface area contributed by atoms with E-state index in [2.05, 4.69) is 4.98 Å². The van der Waals surface area contributed by atoms with Crippen LogP contribution in [-0.2, 0) is 0 Å². The van der Waals surface area contributed by atoms with E-state index in [4.69, 9.17) is 11.5 Å². The Balaban J connectivity index is 2.76. The molecule has 1 aromatic carbocycles. The minimum atomic E-state index is -0.541. The SMILES string of the molecule is CC(C)(CN)C(N)c1c([N+](=O)[O-])cnc2ccccc12. The zero-order chi connectivity index (χ0) is 14.9. The second kappa shape index (κ2) is 5.15. The lowest BCUT2D eigenvalue weighted by molar-refractivity contribution is -0.386. The predicted molar refractivity (Wildman–Crippen MR) is 78.2 cm³/mol. The van der Waals surface area contributed by atoms with Crippen molar-refractivity contribution in [2.24, 2.45) is 16.9 Å². The van der Waals surface area contributed by atoms with Crippen LogP contribution in [0.4, 0.5) is 5.69 Å². The van der Waals surface area contributed by atoms with Gasteiger partial charge in [-0.2, -0.15) is 0 Å². The maximum absolute atomic E-state index is 11.3. The number of para-hydroxylation sites is 1. The maximum Gasteiger partial charge on any atom is 0.292 e. The smallest absolute Gasteiger partial charge is 0.292 e. The topological polar surface area (TPSA) is 108 Å². The highest BCUT2D eigenvalue weighted by molar-refractivity contribution is 5.85. The Bertz CT molecular complexity index is 655. The number of pyridine rings is 1. The maximum atomic E-state index is 11.3. The molecule has 0 radical (unpaired) electrons. The lowest BCUT2D eigenvalue weighted by Crippen LogP contribution is -2.36. The van der Waals surface area contributed by atoms with Crippen LogP contribution in [0.3, 0.4) is 0 Å². The van der Waals surface area contributed by atoms with Gasteiger partial charge in [0, 0.05) is 11.4 Å². The van der Waals surface area contributed by atoms with E-state index in [1.54, 1.807) is 6.07 Å². The van der Waals surface area contributed by atoms with Gasteiger partial charge in [0.2, 0.25) is 0 Å². The van der Waals surface area contributed by atoms with Crippen molar-refractivity contribution in [3.8, 4) is 0 Å². The molecule has 1 unspecified atom stereocenters. The lowest BCUT2D eigenvalue weighted by Gasteiger charge is -2.30. The van der Waals surface area contributed by atoms with E-state index < -0.39 is 16.4 Å². The molecule has 1 atom stereocenters. The summed E-state index contributed by atoms with van der Waals surface area (Å²) in [4.78, 5) is 14.9. The first-order valence-corrected chi connectivity index (χ1v) is 6.36. The van der Waals surface area contributed by atoms with Crippen molar-refractivity contribution in [3.63, 3.8) is 0 Å². The van der Waals surface area contributed by atoms with Gasteiger partial charge in [0.05, 0.1) is 16.0 Å². The molecule has 1 aromatic heterocycles. The van der Waals surface area contributed by atoms with E-state index in [-0.39, 0.29) is 5.69 Å². The molecule has 0 aliphatic carbocycles. The molecule has 2 aromatic rings. The van der Waals surface area contributed by atoms with Crippen molar-refractivity contribution in [1.29, 1.82) is 0 Å². The first kappa shape index (κ1) is 14.4. The number of rotatable bonds is 4. The Kier molecular flexibility index (Phi) is 3.69. The fourth-order valence-corrected chi connectivity index (χ4v) is 2.14. The molecule has 0 saturated heterocycles. The third-order valence-corrected chi connectivity index (χ3v) is 3.67. The number of hydrogen-bond donors (Lipinski definition) is 2. The fourth-order valence-electron chi connectivity index (χ4n) is 2.14. The van der Waals surface area contributed by atoms with Gasteiger partial charge in [-0.3, -0.25) is 10.1 Å². The fraction of sp³-hybridized carbons (Fsp3) is 0.357. The first-order chi connectivity index (χ1) is 9.38. The van der Waals surface area contributed by atoms with Gasteiger partial charge < -0.3 is 11.5 Å². The van der Waals surface area contributed by atoms with E-state index >= 15 is 0 Å². The van der Waals surface area contributed by atoms with Crippen molar-refractivity contribution in [1.82, 2.24) is 4.98 Å². The van der Waals surface area contributed by atoms with E-state index in [1.807, 2.05) is 32.0 Å². The average molecular weight is 274 g/mol. The van der Waals surface area contributed by atoms with Crippen molar-refractivity contribution >= 4 is 16.6 Å². The van der Waals surface area contributed by atoms with Gasteiger partial charge in [0.15, 0.2) is 0 Å². The van der Waals surface area contributed by atoms with Gasteiger partial charge >= 0.3 is 0 Å². The van der Waals surface area contributed by atoms with E-state index in [9.17, 15) is 10.1 Å². The molecular weight excluding hydrogens is 256 g/mol. The summed E-state index contributed by atoms with van der Waals surface area (Å²) in [6, 6.07) is 6.73. The molecule has 0 fully saturated rings. The molecule has 0 aliphatic rings. The Morgan fingerprint density at radius 1 is 1.40 bits per heavy atom. The number of nitrogens with two attached hydrogens (primary N) is 2. The quantitative estimate of drug-likeness (QED) is 0.655. The normalized spacial score (nSPS) is 13.4. The minimum Gasteiger partial charge on any atom is -0.330 e. The number of fused-ring (bicyclic) bond motifs is 1. The molecule has 1 heterocycles. The summed E-state index contributed by atoms with van der Waals surface area (Å²) < 4.78 is 0. The number of aromatic nitrogens is 1. The summed E-state index contributed by atoms with van der Waals surface area (Å²) >= 11 is 0. The van der Waals surface area contributed by atoms with Gasteiger partial charge in [-0.1, -0.05) is 32.0 Å². The third-order valence-electron chi connectivity index (χ3n) is 3.67. The Labute approximate surface area is 116 Å². The van der Waals surface area contributed by atoms with Crippen molar-refractivity contribution in [2.45, 2.75) is 19.9 Å². The van der Waals surface area contributed by atoms with E-state index in [0.717, 1.165) is 0 Å². The molecule has 0 spiro atoms. The van der Waals surface area contributed by atoms with E-state index in [0.29, 0.717) is 23.0 Å².